The summed E-state index contributed by atoms with van der Waals surface area (Å²) in [5.41, 5.74) is 3.11. The lowest BCUT2D eigenvalue weighted by atomic mass is 9.76. The van der Waals surface area contributed by atoms with Gasteiger partial charge in [-0.05, 0) is 16.7 Å². The van der Waals surface area contributed by atoms with Gasteiger partial charge in [-0.1, -0.05) is 91.0 Å². The fourth-order valence-electron chi connectivity index (χ4n) is 4.02. The number of aromatic amines is 1. The summed E-state index contributed by atoms with van der Waals surface area (Å²) in [6, 6.07) is 29.9. The maximum Gasteiger partial charge on any atom is 0.323 e. The minimum atomic E-state index is -0.765. The van der Waals surface area contributed by atoms with E-state index < -0.39 is 11.6 Å². The average Bonchev–Trinajstić information content (AvgIpc) is 3.36. The molecule has 0 spiro atoms. The van der Waals surface area contributed by atoms with Crippen molar-refractivity contribution in [3.8, 4) is 0 Å². The van der Waals surface area contributed by atoms with Crippen LogP contribution in [0.2, 0.25) is 0 Å². The van der Waals surface area contributed by atoms with Gasteiger partial charge in [-0.15, -0.1) is 0 Å². The standard InChI is InChI=1S/C26H25N3O2/c1-31-25(30)24(17-23-18-27-19-28-23)29-26(20-11-5-2-6-12-20,21-13-7-3-8-14-21)22-15-9-4-10-16-22/h2-16,18-19,24,29H,17H2,1H3,(H,27,28). The Hall–Kier alpha value is -3.70. The van der Waals surface area contributed by atoms with Gasteiger partial charge in [-0.2, -0.15) is 0 Å². The number of rotatable bonds is 8. The Labute approximate surface area is 182 Å². The Morgan fingerprint density at radius 2 is 1.39 bits per heavy atom. The van der Waals surface area contributed by atoms with Gasteiger partial charge in [0.2, 0.25) is 0 Å². The summed E-state index contributed by atoms with van der Waals surface area (Å²) in [7, 11) is 1.41. The maximum atomic E-state index is 12.9. The number of aromatic nitrogens is 2. The van der Waals surface area contributed by atoms with E-state index in [0.717, 1.165) is 22.4 Å². The lowest BCUT2D eigenvalue weighted by molar-refractivity contribution is -0.143. The quantitative estimate of drug-likeness (QED) is 0.339. The second-order valence-corrected chi connectivity index (χ2v) is 7.33. The lowest BCUT2D eigenvalue weighted by Gasteiger charge is -2.39. The number of hydrogen-bond donors (Lipinski definition) is 2. The molecule has 0 radical (unpaired) electrons. The third kappa shape index (κ3) is 4.27. The van der Waals surface area contributed by atoms with Crippen LogP contribution in [0.15, 0.2) is 104 Å². The van der Waals surface area contributed by atoms with Gasteiger partial charge in [0.05, 0.1) is 24.7 Å². The highest BCUT2D eigenvalue weighted by molar-refractivity contribution is 5.76. The number of carbonyl (C=O) groups is 1. The molecule has 0 amide bonds. The Balaban J connectivity index is 1.91. The summed E-state index contributed by atoms with van der Waals surface area (Å²) in [6.07, 6.45) is 3.81. The molecule has 0 saturated carbocycles. The molecule has 0 saturated heterocycles. The summed E-state index contributed by atoms with van der Waals surface area (Å²) in [4.78, 5) is 20.2. The van der Waals surface area contributed by atoms with Crippen LogP contribution in [-0.4, -0.2) is 29.1 Å². The van der Waals surface area contributed by atoms with Crippen LogP contribution in [0.1, 0.15) is 22.4 Å². The van der Waals surface area contributed by atoms with E-state index >= 15 is 0 Å². The zero-order valence-electron chi connectivity index (χ0n) is 17.4. The average molecular weight is 412 g/mol. The molecule has 1 atom stereocenters. The number of esters is 1. The van der Waals surface area contributed by atoms with Gasteiger partial charge < -0.3 is 9.72 Å². The Bertz CT molecular complexity index is 985. The van der Waals surface area contributed by atoms with Crippen LogP contribution in [0.25, 0.3) is 0 Å². The number of benzene rings is 3. The van der Waals surface area contributed by atoms with Crippen LogP contribution < -0.4 is 5.32 Å². The number of H-pyrrole nitrogens is 1. The van der Waals surface area contributed by atoms with Crippen LogP contribution in [0, 0.1) is 0 Å². The highest BCUT2D eigenvalue weighted by Gasteiger charge is 2.40. The number of ether oxygens (including phenoxy) is 1. The molecule has 4 aromatic rings. The molecule has 5 nitrogen and oxygen atoms in total. The van der Waals surface area contributed by atoms with Crippen molar-refractivity contribution >= 4 is 5.97 Å². The van der Waals surface area contributed by atoms with Gasteiger partial charge in [-0.25, -0.2) is 4.98 Å². The summed E-state index contributed by atoms with van der Waals surface area (Å²) >= 11 is 0. The molecule has 1 heterocycles. The highest BCUT2D eigenvalue weighted by Crippen LogP contribution is 2.37. The summed E-state index contributed by atoms with van der Waals surface area (Å²) < 4.78 is 5.18. The van der Waals surface area contributed by atoms with E-state index in [1.165, 1.54) is 7.11 Å². The number of carbonyl (C=O) groups excluding carboxylic acids is 1. The largest absolute Gasteiger partial charge is 0.468 e. The van der Waals surface area contributed by atoms with Gasteiger partial charge in [0.25, 0.3) is 0 Å². The summed E-state index contributed by atoms with van der Waals surface area (Å²) in [5.74, 6) is -0.338. The Morgan fingerprint density at radius 3 is 1.77 bits per heavy atom. The molecule has 156 valence electrons. The first kappa shape index (κ1) is 20.6. The molecule has 1 unspecified atom stereocenters. The van der Waals surface area contributed by atoms with Crippen molar-refractivity contribution in [1.82, 2.24) is 15.3 Å². The highest BCUT2D eigenvalue weighted by atomic mass is 16.5. The number of hydrogen-bond acceptors (Lipinski definition) is 4. The van der Waals surface area contributed by atoms with E-state index in [2.05, 4.69) is 51.7 Å². The second kappa shape index (κ2) is 9.41. The number of nitrogens with zero attached hydrogens (tertiary/aromatic N) is 1. The first-order valence-electron chi connectivity index (χ1n) is 10.2. The molecule has 0 aliphatic rings. The molecule has 0 aliphatic carbocycles. The van der Waals surface area contributed by atoms with Crippen molar-refractivity contribution in [2.45, 2.75) is 18.0 Å². The minimum Gasteiger partial charge on any atom is -0.468 e. The van der Waals surface area contributed by atoms with E-state index in [9.17, 15) is 4.79 Å². The first-order chi connectivity index (χ1) is 15.2. The van der Waals surface area contributed by atoms with Crippen molar-refractivity contribution in [3.05, 3.63) is 126 Å². The van der Waals surface area contributed by atoms with Crippen LogP contribution >= 0.6 is 0 Å². The Morgan fingerprint density at radius 1 is 0.903 bits per heavy atom. The topological polar surface area (TPSA) is 67.0 Å². The molecule has 3 aromatic carbocycles. The van der Waals surface area contributed by atoms with Crippen molar-refractivity contribution in [3.63, 3.8) is 0 Å². The molecular weight excluding hydrogens is 386 g/mol. The number of nitrogens with one attached hydrogen (secondary N) is 2. The van der Waals surface area contributed by atoms with Gasteiger partial charge in [0.15, 0.2) is 0 Å². The Kier molecular flexibility index (Phi) is 6.24. The molecular formula is C26H25N3O2. The molecule has 0 fully saturated rings. The molecule has 5 heteroatoms. The molecule has 4 rings (SSSR count). The minimum absolute atomic E-state index is 0.338. The number of methoxy groups -OCH3 is 1. The van der Waals surface area contributed by atoms with Gasteiger partial charge >= 0.3 is 5.97 Å². The predicted octanol–water partition coefficient (Wildman–Crippen LogP) is 4.08. The third-order valence-corrected chi connectivity index (χ3v) is 5.46. The van der Waals surface area contributed by atoms with E-state index in [1.54, 1.807) is 12.5 Å². The summed E-state index contributed by atoms with van der Waals surface area (Å²) in [5, 5.41) is 3.68. The SMILES string of the molecule is COC(=O)C(Cc1c[nH]cn1)NC(c1ccccc1)(c1ccccc1)c1ccccc1. The monoisotopic (exact) mass is 411 g/mol. The molecule has 31 heavy (non-hydrogen) atoms. The second-order valence-electron chi connectivity index (χ2n) is 7.33. The van der Waals surface area contributed by atoms with E-state index in [-0.39, 0.29) is 5.97 Å². The van der Waals surface area contributed by atoms with E-state index in [1.807, 2.05) is 54.6 Å². The van der Waals surface area contributed by atoms with Crippen LogP contribution in [0.4, 0.5) is 0 Å². The third-order valence-electron chi connectivity index (χ3n) is 5.46. The fraction of sp³-hybridized carbons (Fsp3) is 0.154. The fourth-order valence-corrected chi connectivity index (χ4v) is 4.02. The zero-order chi connectivity index (χ0) is 21.5. The zero-order valence-corrected chi connectivity index (χ0v) is 17.4. The summed E-state index contributed by atoms with van der Waals surface area (Å²) in [6.45, 7) is 0. The first-order valence-corrected chi connectivity index (χ1v) is 10.2. The number of imidazole rings is 1. The van der Waals surface area contributed by atoms with Crippen LogP contribution in [-0.2, 0) is 21.5 Å². The van der Waals surface area contributed by atoms with E-state index in [4.69, 9.17) is 4.74 Å². The molecule has 2 N–H and O–H groups in total. The smallest absolute Gasteiger partial charge is 0.323 e. The van der Waals surface area contributed by atoms with Crippen molar-refractivity contribution < 1.29 is 9.53 Å². The van der Waals surface area contributed by atoms with Crippen LogP contribution in [0.3, 0.4) is 0 Å². The van der Waals surface area contributed by atoms with Crippen molar-refractivity contribution in [2.75, 3.05) is 7.11 Å². The predicted molar refractivity (Wildman–Crippen MR) is 120 cm³/mol. The van der Waals surface area contributed by atoms with E-state index in [0.29, 0.717) is 6.42 Å². The van der Waals surface area contributed by atoms with Gasteiger partial charge in [0.1, 0.15) is 6.04 Å². The van der Waals surface area contributed by atoms with Crippen molar-refractivity contribution in [1.29, 1.82) is 0 Å². The van der Waals surface area contributed by atoms with Crippen LogP contribution in [0.5, 0.6) is 0 Å². The lowest BCUT2D eigenvalue weighted by Crippen LogP contribution is -2.53. The molecule has 1 aromatic heterocycles. The van der Waals surface area contributed by atoms with Crippen molar-refractivity contribution in [2.24, 2.45) is 0 Å². The normalized spacial score (nSPS) is 12.3. The molecule has 0 bridgehead atoms. The van der Waals surface area contributed by atoms with Gasteiger partial charge in [0, 0.05) is 12.6 Å². The van der Waals surface area contributed by atoms with Gasteiger partial charge in [-0.3, -0.25) is 10.1 Å². The maximum absolute atomic E-state index is 12.9. The molecule has 0 aliphatic heterocycles.